The molecule has 0 aliphatic carbocycles. The first kappa shape index (κ1) is 14.8. The normalized spacial score (nSPS) is 22.2. The maximum absolute atomic E-state index is 12.4. The molecule has 0 bridgehead atoms. The van der Waals surface area contributed by atoms with Gasteiger partial charge in [0.2, 0.25) is 0 Å². The van der Waals surface area contributed by atoms with Crippen LogP contribution in [0.25, 0.3) is 0 Å². The lowest BCUT2D eigenvalue weighted by molar-refractivity contribution is 0.0904. The smallest absolute Gasteiger partial charge is 0.251 e. The molecule has 1 heterocycles. The zero-order valence-electron chi connectivity index (χ0n) is 12.9. The molecule has 0 aromatic heterocycles. The van der Waals surface area contributed by atoms with Gasteiger partial charge < -0.3 is 10.2 Å². The average Bonchev–Trinajstić information content (AvgIpc) is 2.58. The van der Waals surface area contributed by atoms with E-state index >= 15 is 0 Å². The number of hydrogen-bond donors (Lipinski definition) is 1. The van der Waals surface area contributed by atoms with Gasteiger partial charge in [-0.3, -0.25) is 4.79 Å². The number of benzene rings is 2. The third-order valence-corrected chi connectivity index (χ3v) is 4.40. The number of likely N-dealkylation sites (N-methyl/N-ethyl adjacent to an activating group) is 1. The van der Waals surface area contributed by atoms with Crippen molar-refractivity contribution in [3.63, 3.8) is 0 Å². The second-order valence-corrected chi connectivity index (χ2v) is 6.01. The summed E-state index contributed by atoms with van der Waals surface area (Å²) < 4.78 is 0. The molecule has 3 heteroatoms. The number of nitrogens with zero attached hydrogens (tertiary/aromatic N) is 1. The van der Waals surface area contributed by atoms with Crippen LogP contribution >= 0.6 is 0 Å². The third kappa shape index (κ3) is 3.37. The van der Waals surface area contributed by atoms with Gasteiger partial charge in [0.05, 0.1) is 0 Å². The van der Waals surface area contributed by atoms with Gasteiger partial charge in [0.15, 0.2) is 0 Å². The van der Waals surface area contributed by atoms with Crippen molar-refractivity contribution in [3.05, 3.63) is 71.8 Å². The van der Waals surface area contributed by atoms with Crippen LogP contribution in [-0.2, 0) is 0 Å². The fourth-order valence-electron chi connectivity index (χ4n) is 3.17. The average molecular weight is 294 g/mol. The molecule has 22 heavy (non-hydrogen) atoms. The molecule has 0 radical (unpaired) electrons. The molecular formula is C19H22N2O. The summed E-state index contributed by atoms with van der Waals surface area (Å²) >= 11 is 0. The van der Waals surface area contributed by atoms with Gasteiger partial charge in [-0.2, -0.15) is 0 Å². The molecule has 0 saturated carbocycles. The molecule has 3 nitrogen and oxygen atoms in total. The van der Waals surface area contributed by atoms with E-state index in [4.69, 9.17) is 0 Å². The Morgan fingerprint density at radius 3 is 2.36 bits per heavy atom. The molecule has 0 spiro atoms. The summed E-state index contributed by atoms with van der Waals surface area (Å²) in [6.07, 6.45) is 0.981. The molecule has 1 N–H and O–H groups in total. The lowest BCUT2D eigenvalue weighted by atomic mass is 9.86. The van der Waals surface area contributed by atoms with E-state index < -0.39 is 0 Å². The van der Waals surface area contributed by atoms with Crippen molar-refractivity contribution in [2.45, 2.75) is 18.4 Å². The summed E-state index contributed by atoms with van der Waals surface area (Å²) in [4.78, 5) is 14.8. The topological polar surface area (TPSA) is 32.3 Å². The van der Waals surface area contributed by atoms with Crippen molar-refractivity contribution in [2.75, 3.05) is 20.1 Å². The first-order chi connectivity index (χ1) is 10.7. The number of carbonyl (C=O) groups is 1. The van der Waals surface area contributed by atoms with Crippen molar-refractivity contribution in [3.8, 4) is 0 Å². The molecule has 1 saturated heterocycles. The molecule has 1 aliphatic heterocycles. The summed E-state index contributed by atoms with van der Waals surface area (Å²) in [5.74, 6) is 0.365. The molecule has 114 valence electrons. The van der Waals surface area contributed by atoms with Crippen molar-refractivity contribution in [1.82, 2.24) is 10.2 Å². The van der Waals surface area contributed by atoms with Gasteiger partial charge in [-0.05, 0) is 37.7 Å². The van der Waals surface area contributed by atoms with E-state index in [0.29, 0.717) is 5.92 Å². The Kier molecular flexibility index (Phi) is 4.54. The molecule has 2 aromatic carbocycles. The van der Waals surface area contributed by atoms with Gasteiger partial charge in [0.25, 0.3) is 5.91 Å². The van der Waals surface area contributed by atoms with Crippen LogP contribution in [0.15, 0.2) is 60.7 Å². The van der Waals surface area contributed by atoms with Gasteiger partial charge in [-0.15, -0.1) is 0 Å². The van der Waals surface area contributed by atoms with Crippen LogP contribution in [0.1, 0.15) is 28.3 Å². The fourth-order valence-corrected chi connectivity index (χ4v) is 3.17. The summed E-state index contributed by atoms with van der Waals surface area (Å²) in [5.41, 5.74) is 2.03. The van der Waals surface area contributed by atoms with E-state index in [1.165, 1.54) is 5.56 Å². The third-order valence-electron chi connectivity index (χ3n) is 4.40. The summed E-state index contributed by atoms with van der Waals surface area (Å²) in [6.45, 7) is 1.99. The Hall–Kier alpha value is -2.13. The van der Waals surface area contributed by atoms with Crippen molar-refractivity contribution in [1.29, 1.82) is 0 Å². The van der Waals surface area contributed by atoms with E-state index in [2.05, 4.69) is 41.5 Å². The summed E-state index contributed by atoms with van der Waals surface area (Å²) in [6, 6.07) is 20.1. The molecule has 1 aliphatic rings. The van der Waals surface area contributed by atoms with Crippen LogP contribution in [0.5, 0.6) is 0 Å². The number of nitrogens with one attached hydrogen (secondary N) is 1. The van der Waals surface area contributed by atoms with Crippen LogP contribution in [0.3, 0.4) is 0 Å². The summed E-state index contributed by atoms with van der Waals surface area (Å²) in [5, 5.41) is 3.24. The Balaban J connectivity index is 1.77. The lowest BCUT2D eigenvalue weighted by Crippen LogP contribution is -2.48. The maximum Gasteiger partial charge on any atom is 0.251 e. The van der Waals surface area contributed by atoms with Crippen LogP contribution < -0.4 is 5.32 Å². The molecular weight excluding hydrogens is 272 g/mol. The number of hydrogen-bond acceptors (Lipinski definition) is 2. The molecule has 2 aromatic rings. The standard InChI is InChI=1S/C19H22N2O/c1-21-13-12-18(17(14-21)15-8-4-2-5-9-15)20-19(22)16-10-6-3-7-11-16/h2-11,17-18H,12-14H2,1H3,(H,20,22)/t17-,18-/m0/s1. The Morgan fingerprint density at radius 2 is 1.68 bits per heavy atom. The second kappa shape index (κ2) is 6.75. The van der Waals surface area contributed by atoms with Gasteiger partial charge in [0, 0.05) is 24.1 Å². The molecule has 1 fully saturated rings. The quantitative estimate of drug-likeness (QED) is 0.944. The SMILES string of the molecule is CN1CC[C@H](NC(=O)c2ccccc2)[C@H](c2ccccc2)C1. The lowest BCUT2D eigenvalue weighted by Gasteiger charge is -2.37. The highest BCUT2D eigenvalue weighted by molar-refractivity contribution is 5.94. The largest absolute Gasteiger partial charge is 0.349 e. The molecule has 2 atom stereocenters. The zero-order chi connectivity index (χ0) is 15.4. The van der Waals surface area contributed by atoms with E-state index in [1.807, 2.05) is 36.4 Å². The van der Waals surface area contributed by atoms with E-state index in [9.17, 15) is 4.79 Å². The number of rotatable bonds is 3. The number of piperidine rings is 1. The Bertz CT molecular complexity index is 612. The minimum Gasteiger partial charge on any atom is -0.349 e. The minimum absolute atomic E-state index is 0.0242. The highest BCUT2D eigenvalue weighted by Gasteiger charge is 2.30. The van der Waals surface area contributed by atoms with E-state index in [-0.39, 0.29) is 11.9 Å². The van der Waals surface area contributed by atoms with Crippen molar-refractivity contribution < 1.29 is 4.79 Å². The van der Waals surface area contributed by atoms with Gasteiger partial charge in [-0.1, -0.05) is 48.5 Å². The van der Waals surface area contributed by atoms with Crippen LogP contribution in [0.2, 0.25) is 0 Å². The molecule has 3 rings (SSSR count). The maximum atomic E-state index is 12.4. The first-order valence-electron chi connectivity index (χ1n) is 7.83. The van der Waals surface area contributed by atoms with Crippen molar-refractivity contribution >= 4 is 5.91 Å². The van der Waals surface area contributed by atoms with Crippen LogP contribution in [0.4, 0.5) is 0 Å². The number of likely N-dealkylation sites (tertiary alicyclic amines) is 1. The number of carbonyl (C=O) groups excluding carboxylic acids is 1. The highest BCUT2D eigenvalue weighted by Crippen LogP contribution is 2.27. The zero-order valence-corrected chi connectivity index (χ0v) is 12.9. The van der Waals surface area contributed by atoms with Gasteiger partial charge in [-0.25, -0.2) is 0 Å². The van der Waals surface area contributed by atoms with Crippen LogP contribution in [-0.4, -0.2) is 37.0 Å². The summed E-state index contributed by atoms with van der Waals surface area (Å²) in [7, 11) is 2.14. The van der Waals surface area contributed by atoms with Gasteiger partial charge in [0.1, 0.15) is 0 Å². The fraction of sp³-hybridized carbons (Fsp3) is 0.316. The Labute approximate surface area is 132 Å². The Morgan fingerprint density at radius 1 is 1.05 bits per heavy atom. The highest BCUT2D eigenvalue weighted by atomic mass is 16.1. The molecule has 0 unspecified atom stereocenters. The monoisotopic (exact) mass is 294 g/mol. The predicted molar refractivity (Wildman–Crippen MR) is 89.0 cm³/mol. The van der Waals surface area contributed by atoms with Crippen molar-refractivity contribution in [2.24, 2.45) is 0 Å². The van der Waals surface area contributed by atoms with Gasteiger partial charge >= 0.3 is 0 Å². The minimum atomic E-state index is 0.0242. The predicted octanol–water partition coefficient (Wildman–Crippen LogP) is 2.90. The van der Waals surface area contributed by atoms with Crippen LogP contribution in [0, 0.1) is 0 Å². The second-order valence-electron chi connectivity index (χ2n) is 6.01. The molecule has 1 amide bonds. The van der Waals surface area contributed by atoms with E-state index in [0.717, 1.165) is 25.1 Å². The van der Waals surface area contributed by atoms with E-state index in [1.54, 1.807) is 0 Å². The first-order valence-corrected chi connectivity index (χ1v) is 7.83. The number of amides is 1.